The van der Waals surface area contributed by atoms with Gasteiger partial charge in [-0.1, -0.05) is 26.7 Å². The van der Waals surface area contributed by atoms with Crippen molar-refractivity contribution in [2.24, 2.45) is 5.92 Å². The van der Waals surface area contributed by atoms with Crippen molar-refractivity contribution in [2.75, 3.05) is 6.54 Å². The van der Waals surface area contributed by atoms with E-state index in [9.17, 15) is 0 Å². The Balaban J connectivity index is 1.96. The zero-order chi connectivity index (χ0) is 10.7. The highest BCUT2D eigenvalue weighted by molar-refractivity contribution is 4.93. The van der Waals surface area contributed by atoms with E-state index in [1.807, 2.05) is 0 Å². The second kappa shape index (κ2) is 5.34. The molecule has 0 aromatic carbocycles. The molecular formula is C14H27N. The Hall–Kier alpha value is -0.0400. The standard InChI is InChI=1S/C14H27N/c1-3-6-12-9-10-13(7-4-2)15-11-5-8-14(12)15/h12-14H,3-11H2,1-2H3/t12-,13-,14+/m0/s1. The molecule has 0 aromatic rings. The van der Waals surface area contributed by atoms with Crippen LogP contribution in [0, 0.1) is 5.92 Å². The van der Waals surface area contributed by atoms with Crippen LogP contribution in [-0.2, 0) is 0 Å². The molecule has 0 amide bonds. The van der Waals surface area contributed by atoms with E-state index < -0.39 is 0 Å². The first kappa shape index (κ1) is 11.4. The van der Waals surface area contributed by atoms with Gasteiger partial charge in [0, 0.05) is 12.1 Å². The van der Waals surface area contributed by atoms with Crippen molar-refractivity contribution < 1.29 is 0 Å². The fourth-order valence-electron chi connectivity index (χ4n) is 3.89. The van der Waals surface area contributed by atoms with Gasteiger partial charge < -0.3 is 0 Å². The quantitative estimate of drug-likeness (QED) is 0.680. The van der Waals surface area contributed by atoms with Crippen LogP contribution in [0.4, 0.5) is 0 Å². The van der Waals surface area contributed by atoms with Gasteiger partial charge in [-0.25, -0.2) is 0 Å². The summed E-state index contributed by atoms with van der Waals surface area (Å²) >= 11 is 0. The van der Waals surface area contributed by atoms with Gasteiger partial charge in [0.15, 0.2) is 0 Å². The maximum Gasteiger partial charge on any atom is 0.0127 e. The van der Waals surface area contributed by atoms with E-state index in [0.29, 0.717) is 0 Å². The van der Waals surface area contributed by atoms with Gasteiger partial charge in [-0.05, 0) is 51.0 Å². The van der Waals surface area contributed by atoms with Crippen LogP contribution in [0.3, 0.4) is 0 Å². The molecule has 2 saturated heterocycles. The van der Waals surface area contributed by atoms with E-state index in [1.165, 1.54) is 57.9 Å². The molecule has 2 rings (SSSR count). The molecule has 0 N–H and O–H groups in total. The van der Waals surface area contributed by atoms with Gasteiger partial charge in [0.25, 0.3) is 0 Å². The van der Waals surface area contributed by atoms with Crippen LogP contribution in [-0.4, -0.2) is 23.5 Å². The van der Waals surface area contributed by atoms with E-state index >= 15 is 0 Å². The van der Waals surface area contributed by atoms with Crippen LogP contribution in [0.2, 0.25) is 0 Å². The number of piperidine rings is 1. The normalized spacial score (nSPS) is 36.8. The summed E-state index contributed by atoms with van der Waals surface area (Å²) in [6, 6.07) is 1.91. The molecule has 0 saturated carbocycles. The first-order chi connectivity index (χ1) is 7.36. The summed E-state index contributed by atoms with van der Waals surface area (Å²) in [5, 5.41) is 0. The zero-order valence-electron chi connectivity index (χ0n) is 10.5. The van der Waals surface area contributed by atoms with Gasteiger partial charge >= 0.3 is 0 Å². The molecule has 2 aliphatic rings. The molecule has 2 aliphatic heterocycles. The molecule has 2 fully saturated rings. The molecule has 0 spiro atoms. The zero-order valence-corrected chi connectivity index (χ0v) is 10.5. The van der Waals surface area contributed by atoms with Crippen molar-refractivity contribution in [1.82, 2.24) is 4.90 Å². The van der Waals surface area contributed by atoms with Crippen LogP contribution < -0.4 is 0 Å². The maximum absolute atomic E-state index is 2.87. The van der Waals surface area contributed by atoms with Gasteiger partial charge in [-0.2, -0.15) is 0 Å². The second-order valence-electron chi connectivity index (χ2n) is 5.52. The van der Waals surface area contributed by atoms with E-state index in [0.717, 1.165) is 18.0 Å². The van der Waals surface area contributed by atoms with E-state index in [1.54, 1.807) is 0 Å². The van der Waals surface area contributed by atoms with E-state index in [2.05, 4.69) is 18.7 Å². The fourth-order valence-corrected chi connectivity index (χ4v) is 3.89. The van der Waals surface area contributed by atoms with Crippen molar-refractivity contribution in [3.05, 3.63) is 0 Å². The third kappa shape index (κ3) is 2.38. The lowest BCUT2D eigenvalue weighted by Gasteiger charge is -2.43. The summed E-state index contributed by atoms with van der Waals surface area (Å²) < 4.78 is 0. The predicted octanol–water partition coefficient (Wildman–Crippen LogP) is 3.83. The third-order valence-electron chi connectivity index (χ3n) is 4.51. The Morgan fingerprint density at radius 1 is 1.00 bits per heavy atom. The first-order valence-corrected chi connectivity index (χ1v) is 7.12. The van der Waals surface area contributed by atoms with Crippen LogP contribution in [0.25, 0.3) is 0 Å². The van der Waals surface area contributed by atoms with Crippen LogP contribution in [0.1, 0.15) is 65.2 Å². The van der Waals surface area contributed by atoms with Crippen molar-refractivity contribution in [1.29, 1.82) is 0 Å². The third-order valence-corrected chi connectivity index (χ3v) is 4.51. The number of fused-ring (bicyclic) bond motifs is 1. The molecule has 15 heavy (non-hydrogen) atoms. The van der Waals surface area contributed by atoms with Crippen LogP contribution in [0.5, 0.6) is 0 Å². The topological polar surface area (TPSA) is 3.24 Å². The minimum Gasteiger partial charge on any atom is -0.297 e. The first-order valence-electron chi connectivity index (χ1n) is 7.12. The molecule has 3 atom stereocenters. The Bertz CT molecular complexity index is 170. The lowest BCUT2D eigenvalue weighted by molar-refractivity contribution is 0.0646. The number of hydrogen-bond donors (Lipinski definition) is 0. The smallest absolute Gasteiger partial charge is 0.0127 e. The molecule has 0 aliphatic carbocycles. The molecule has 2 heterocycles. The molecule has 0 unspecified atom stereocenters. The van der Waals surface area contributed by atoms with Gasteiger partial charge in [0.2, 0.25) is 0 Å². The van der Waals surface area contributed by atoms with Gasteiger partial charge in [0.1, 0.15) is 0 Å². The molecular weight excluding hydrogens is 182 g/mol. The molecule has 0 bridgehead atoms. The molecule has 0 aromatic heterocycles. The van der Waals surface area contributed by atoms with E-state index in [-0.39, 0.29) is 0 Å². The maximum atomic E-state index is 2.87. The van der Waals surface area contributed by atoms with Crippen molar-refractivity contribution >= 4 is 0 Å². The number of rotatable bonds is 4. The van der Waals surface area contributed by atoms with E-state index in [4.69, 9.17) is 0 Å². The summed E-state index contributed by atoms with van der Waals surface area (Å²) in [6.45, 7) is 6.08. The number of hydrogen-bond acceptors (Lipinski definition) is 1. The second-order valence-corrected chi connectivity index (χ2v) is 5.52. The van der Waals surface area contributed by atoms with Gasteiger partial charge in [-0.15, -0.1) is 0 Å². The number of nitrogens with zero attached hydrogens (tertiary/aromatic N) is 1. The van der Waals surface area contributed by atoms with Crippen molar-refractivity contribution in [3.63, 3.8) is 0 Å². The Morgan fingerprint density at radius 2 is 1.80 bits per heavy atom. The monoisotopic (exact) mass is 209 g/mol. The van der Waals surface area contributed by atoms with Gasteiger partial charge in [-0.3, -0.25) is 4.90 Å². The molecule has 1 nitrogen and oxygen atoms in total. The largest absolute Gasteiger partial charge is 0.297 e. The predicted molar refractivity (Wildman–Crippen MR) is 66.1 cm³/mol. The summed E-state index contributed by atoms with van der Waals surface area (Å²) in [5.74, 6) is 1.03. The summed E-state index contributed by atoms with van der Waals surface area (Å²) in [4.78, 5) is 2.87. The fraction of sp³-hybridized carbons (Fsp3) is 1.00. The Labute approximate surface area is 95.2 Å². The van der Waals surface area contributed by atoms with Crippen LogP contribution in [0.15, 0.2) is 0 Å². The Kier molecular flexibility index (Phi) is 4.07. The van der Waals surface area contributed by atoms with Gasteiger partial charge in [0.05, 0.1) is 0 Å². The van der Waals surface area contributed by atoms with Crippen LogP contribution >= 0.6 is 0 Å². The average molecular weight is 209 g/mol. The van der Waals surface area contributed by atoms with Crippen molar-refractivity contribution in [2.45, 2.75) is 77.3 Å². The summed E-state index contributed by atoms with van der Waals surface area (Å²) in [6.07, 6.45) is 11.6. The van der Waals surface area contributed by atoms with Crippen molar-refractivity contribution in [3.8, 4) is 0 Å². The lowest BCUT2D eigenvalue weighted by atomic mass is 9.82. The minimum absolute atomic E-state index is 0.940. The minimum atomic E-state index is 0.940. The Morgan fingerprint density at radius 3 is 2.53 bits per heavy atom. The highest BCUT2D eigenvalue weighted by Gasteiger charge is 2.38. The molecule has 88 valence electrons. The summed E-state index contributed by atoms with van der Waals surface area (Å²) in [7, 11) is 0. The average Bonchev–Trinajstić information content (AvgIpc) is 2.71. The molecule has 1 heteroatoms. The lowest BCUT2D eigenvalue weighted by Crippen LogP contribution is -2.47. The highest BCUT2D eigenvalue weighted by atomic mass is 15.2. The SMILES string of the molecule is CCC[C@H]1CC[C@H](CCC)N2CCC[C@H]12. The highest BCUT2D eigenvalue weighted by Crippen LogP contribution is 2.38. The molecule has 0 radical (unpaired) electrons. The summed E-state index contributed by atoms with van der Waals surface area (Å²) in [5.41, 5.74) is 0.